The SMILES string of the molecule is CN(C)C(=O)[C@@H]1CC=NN1C(=O)[C@@H](CC(=O)NOCc1ccccc1)CC1CCCC1. The average Bonchev–Trinajstić information content (AvgIpc) is 3.45. The van der Waals surface area contributed by atoms with Crippen molar-refractivity contribution >= 4 is 23.9 Å². The summed E-state index contributed by atoms with van der Waals surface area (Å²) in [5.74, 6) is -0.885. The second-order valence-electron chi connectivity index (χ2n) is 8.55. The molecule has 1 aromatic carbocycles. The lowest BCUT2D eigenvalue weighted by Gasteiger charge is -2.28. The number of rotatable bonds is 9. The standard InChI is InChI=1S/C23H32N4O4/c1-26(2)23(30)20-12-13-24-27(20)22(29)19(14-17-8-6-7-9-17)15-21(28)25-31-16-18-10-4-3-5-11-18/h3-5,10-11,13,17,19-20H,6-9,12,14-16H2,1-2H3,(H,25,28)/t19-,20+/m1/s1. The molecule has 8 heteroatoms. The summed E-state index contributed by atoms with van der Waals surface area (Å²) in [7, 11) is 3.33. The number of benzene rings is 1. The smallest absolute Gasteiger partial charge is 0.247 e. The molecule has 1 aliphatic heterocycles. The Bertz CT molecular complexity index is 790. The second kappa shape index (κ2) is 11.0. The van der Waals surface area contributed by atoms with Crippen LogP contribution in [-0.4, -0.2) is 54.0 Å². The first-order valence-electron chi connectivity index (χ1n) is 11.0. The molecule has 3 rings (SSSR count). The molecule has 0 bridgehead atoms. The Morgan fingerprint density at radius 1 is 1.19 bits per heavy atom. The van der Waals surface area contributed by atoms with Crippen LogP contribution >= 0.6 is 0 Å². The van der Waals surface area contributed by atoms with E-state index in [0.717, 1.165) is 31.2 Å². The number of carbonyl (C=O) groups excluding carboxylic acids is 3. The summed E-state index contributed by atoms with van der Waals surface area (Å²) in [5.41, 5.74) is 3.40. The van der Waals surface area contributed by atoms with Crippen LogP contribution in [0.15, 0.2) is 35.4 Å². The zero-order valence-electron chi connectivity index (χ0n) is 18.3. The molecule has 1 aliphatic carbocycles. The van der Waals surface area contributed by atoms with Gasteiger partial charge in [0.25, 0.3) is 0 Å². The van der Waals surface area contributed by atoms with Crippen molar-refractivity contribution in [3.8, 4) is 0 Å². The number of hydroxylamine groups is 1. The fourth-order valence-electron chi connectivity index (χ4n) is 4.28. The number of hydrogen-bond donors (Lipinski definition) is 1. The van der Waals surface area contributed by atoms with E-state index in [4.69, 9.17) is 4.84 Å². The third-order valence-electron chi connectivity index (χ3n) is 5.92. The highest BCUT2D eigenvalue weighted by Gasteiger charge is 2.38. The van der Waals surface area contributed by atoms with E-state index in [9.17, 15) is 14.4 Å². The Morgan fingerprint density at radius 2 is 1.90 bits per heavy atom. The van der Waals surface area contributed by atoms with E-state index in [1.54, 1.807) is 20.3 Å². The Kier molecular flexibility index (Phi) is 8.17. The predicted molar refractivity (Wildman–Crippen MR) is 116 cm³/mol. The fraction of sp³-hybridized carbons (Fsp3) is 0.565. The van der Waals surface area contributed by atoms with Crippen molar-refractivity contribution in [2.45, 2.75) is 57.6 Å². The summed E-state index contributed by atoms with van der Waals surface area (Å²) >= 11 is 0. The molecule has 2 atom stereocenters. The van der Waals surface area contributed by atoms with Crippen LogP contribution in [-0.2, 0) is 25.8 Å². The molecule has 1 N–H and O–H groups in total. The van der Waals surface area contributed by atoms with Crippen molar-refractivity contribution in [2.75, 3.05) is 14.1 Å². The van der Waals surface area contributed by atoms with Crippen LogP contribution in [0.4, 0.5) is 0 Å². The number of carbonyl (C=O) groups is 3. The van der Waals surface area contributed by atoms with Crippen LogP contribution in [0.2, 0.25) is 0 Å². The molecule has 168 valence electrons. The molecule has 0 aromatic heterocycles. The van der Waals surface area contributed by atoms with E-state index in [2.05, 4.69) is 10.6 Å². The molecule has 0 radical (unpaired) electrons. The number of nitrogens with zero attached hydrogens (tertiary/aromatic N) is 3. The van der Waals surface area contributed by atoms with Crippen LogP contribution in [0.1, 0.15) is 50.5 Å². The molecule has 1 aromatic rings. The van der Waals surface area contributed by atoms with Crippen molar-refractivity contribution in [2.24, 2.45) is 16.9 Å². The lowest BCUT2D eigenvalue weighted by molar-refractivity contribution is -0.148. The third-order valence-corrected chi connectivity index (χ3v) is 5.92. The van der Waals surface area contributed by atoms with Gasteiger partial charge in [-0.05, 0) is 17.9 Å². The van der Waals surface area contributed by atoms with Gasteiger partial charge < -0.3 is 4.90 Å². The maximum atomic E-state index is 13.3. The average molecular weight is 429 g/mol. The van der Waals surface area contributed by atoms with Gasteiger partial charge in [0.15, 0.2) is 0 Å². The van der Waals surface area contributed by atoms with E-state index in [1.165, 1.54) is 9.91 Å². The van der Waals surface area contributed by atoms with E-state index in [1.807, 2.05) is 30.3 Å². The molecule has 0 spiro atoms. The first kappa shape index (κ1) is 22.9. The Hall–Kier alpha value is -2.74. The molecule has 1 fully saturated rings. The zero-order valence-corrected chi connectivity index (χ0v) is 18.3. The summed E-state index contributed by atoms with van der Waals surface area (Å²) in [6.45, 7) is 0.254. The second-order valence-corrected chi connectivity index (χ2v) is 8.55. The van der Waals surface area contributed by atoms with Crippen LogP contribution in [0.3, 0.4) is 0 Å². The van der Waals surface area contributed by atoms with Crippen molar-refractivity contribution in [3.05, 3.63) is 35.9 Å². The Balaban J connectivity index is 1.61. The van der Waals surface area contributed by atoms with E-state index in [0.29, 0.717) is 18.8 Å². The van der Waals surface area contributed by atoms with Crippen LogP contribution in [0.5, 0.6) is 0 Å². The van der Waals surface area contributed by atoms with Gasteiger partial charge in [0.1, 0.15) is 6.04 Å². The molecule has 0 saturated heterocycles. The van der Waals surface area contributed by atoms with Gasteiger partial charge in [-0.1, -0.05) is 56.0 Å². The number of hydrogen-bond acceptors (Lipinski definition) is 5. The quantitative estimate of drug-likeness (QED) is 0.612. The first-order valence-corrected chi connectivity index (χ1v) is 11.0. The largest absolute Gasteiger partial charge is 0.347 e. The monoisotopic (exact) mass is 428 g/mol. The van der Waals surface area contributed by atoms with Crippen LogP contribution in [0, 0.1) is 11.8 Å². The van der Waals surface area contributed by atoms with Gasteiger partial charge in [0.2, 0.25) is 17.7 Å². The van der Waals surface area contributed by atoms with E-state index < -0.39 is 12.0 Å². The Labute approximate surface area is 183 Å². The molecular weight excluding hydrogens is 396 g/mol. The van der Waals surface area contributed by atoms with Crippen molar-refractivity contribution in [1.82, 2.24) is 15.4 Å². The lowest BCUT2D eigenvalue weighted by atomic mass is 9.89. The summed E-state index contributed by atoms with van der Waals surface area (Å²) in [5, 5.41) is 5.45. The van der Waals surface area contributed by atoms with E-state index in [-0.39, 0.29) is 30.7 Å². The molecule has 1 saturated carbocycles. The molecule has 0 unspecified atom stereocenters. The molecule has 31 heavy (non-hydrogen) atoms. The highest BCUT2D eigenvalue weighted by atomic mass is 16.6. The number of amides is 3. The molecule has 3 amide bonds. The van der Waals surface area contributed by atoms with Crippen molar-refractivity contribution in [1.29, 1.82) is 0 Å². The summed E-state index contributed by atoms with van der Waals surface area (Å²) in [4.78, 5) is 45.1. The van der Waals surface area contributed by atoms with Gasteiger partial charge in [-0.15, -0.1) is 0 Å². The van der Waals surface area contributed by atoms with Gasteiger partial charge >= 0.3 is 0 Å². The van der Waals surface area contributed by atoms with E-state index >= 15 is 0 Å². The van der Waals surface area contributed by atoms with Crippen molar-refractivity contribution in [3.63, 3.8) is 0 Å². The molecule has 2 aliphatic rings. The maximum absolute atomic E-state index is 13.3. The normalized spacial score (nSPS) is 19.4. The summed E-state index contributed by atoms with van der Waals surface area (Å²) in [6, 6.07) is 8.90. The summed E-state index contributed by atoms with van der Waals surface area (Å²) in [6.07, 6.45) is 7.07. The maximum Gasteiger partial charge on any atom is 0.247 e. The van der Waals surface area contributed by atoms with Gasteiger partial charge in [-0.2, -0.15) is 5.10 Å². The van der Waals surface area contributed by atoms with Crippen LogP contribution in [0.25, 0.3) is 0 Å². The number of nitrogens with one attached hydrogen (secondary N) is 1. The van der Waals surface area contributed by atoms with Gasteiger partial charge in [-0.3, -0.25) is 19.2 Å². The lowest BCUT2D eigenvalue weighted by Crippen LogP contribution is -2.47. The third kappa shape index (κ3) is 6.37. The zero-order chi connectivity index (χ0) is 22.2. The molecule has 8 nitrogen and oxygen atoms in total. The number of likely N-dealkylation sites (N-methyl/N-ethyl adjacent to an activating group) is 1. The van der Waals surface area contributed by atoms with Crippen LogP contribution < -0.4 is 5.48 Å². The highest BCUT2D eigenvalue weighted by molar-refractivity contribution is 5.93. The minimum Gasteiger partial charge on any atom is -0.347 e. The minimum atomic E-state index is -0.633. The van der Waals surface area contributed by atoms with Gasteiger partial charge in [0, 0.05) is 39.1 Å². The Morgan fingerprint density at radius 3 is 2.58 bits per heavy atom. The summed E-state index contributed by atoms with van der Waals surface area (Å²) < 4.78 is 0. The minimum absolute atomic E-state index is 0.0129. The van der Waals surface area contributed by atoms with Gasteiger partial charge in [0.05, 0.1) is 6.61 Å². The highest BCUT2D eigenvalue weighted by Crippen LogP contribution is 2.33. The van der Waals surface area contributed by atoms with Gasteiger partial charge in [-0.25, -0.2) is 10.5 Å². The molecular formula is C23H32N4O4. The molecule has 1 heterocycles. The first-order chi connectivity index (χ1) is 15.0. The van der Waals surface area contributed by atoms with Crippen molar-refractivity contribution < 1.29 is 19.2 Å². The fourth-order valence-corrected chi connectivity index (χ4v) is 4.28. The number of hydrazone groups is 1. The topological polar surface area (TPSA) is 91.3 Å². The predicted octanol–water partition coefficient (Wildman–Crippen LogP) is 2.50.